The van der Waals surface area contributed by atoms with Gasteiger partial charge in [0.05, 0.1) is 41.0 Å². The van der Waals surface area contributed by atoms with Crippen molar-refractivity contribution in [2.45, 2.75) is 36.2 Å². The molecule has 1 atom stereocenters. The van der Waals surface area contributed by atoms with Crippen molar-refractivity contribution in [1.29, 1.82) is 5.26 Å². The summed E-state index contributed by atoms with van der Waals surface area (Å²) in [5.74, 6) is -0.606. The van der Waals surface area contributed by atoms with Crippen LogP contribution >= 0.6 is 0 Å². The van der Waals surface area contributed by atoms with E-state index in [-0.39, 0.29) is 29.2 Å². The van der Waals surface area contributed by atoms with Gasteiger partial charge in [-0.25, -0.2) is 13.4 Å². The smallest absolute Gasteiger partial charge is 0.433 e. The van der Waals surface area contributed by atoms with Crippen molar-refractivity contribution in [1.82, 2.24) is 10.3 Å². The molecule has 1 amide bonds. The number of hydrogen-bond donors (Lipinski definition) is 1. The third-order valence-corrected chi connectivity index (χ3v) is 8.64. The number of hydrogen-bond acceptors (Lipinski definition) is 6. The molecule has 3 aromatic rings. The number of sulfonamides is 1. The van der Waals surface area contributed by atoms with Crippen LogP contribution in [0.3, 0.4) is 0 Å². The molecule has 1 aliphatic carbocycles. The van der Waals surface area contributed by atoms with Gasteiger partial charge >= 0.3 is 12.4 Å². The predicted molar refractivity (Wildman–Crippen MR) is 135 cm³/mol. The highest BCUT2D eigenvalue weighted by Crippen LogP contribution is 2.45. The fourth-order valence-corrected chi connectivity index (χ4v) is 5.95. The lowest BCUT2D eigenvalue weighted by molar-refractivity contribution is -0.141. The number of carbonyl (C=O) groups excluding carboxylic acids is 1. The van der Waals surface area contributed by atoms with E-state index in [9.17, 15) is 44.8 Å². The van der Waals surface area contributed by atoms with Gasteiger partial charge < -0.3 is 10.1 Å². The molecule has 8 nitrogen and oxygen atoms in total. The molecule has 42 heavy (non-hydrogen) atoms. The average Bonchev–Trinajstić information content (AvgIpc) is 3.76. The normalized spacial score (nSPS) is 17.9. The van der Waals surface area contributed by atoms with Crippen LogP contribution in [0.5, 0.6) is 5.75 Å². The summed E-state index contributed by atoms with van der Waals surface area (Å²) in [4.78, 5) is 15.4. The number of halogens is 6. The minimum Gasteiger partial charge on any atom is -0.484 e. The SMILES string of the molecule is N#CC1(C(=O)NCC2CN(S(=O)(=O)c3cccc(C(F)(F)F)c3)c3cc(-c4cccc(C(F)(F)F)n4)ccc3O2)CC1. The van der Waals surface area contributed by atoms with Gasteiger partial charge in [0.2, 0.25) is 5.91 Å². The minimum atomic E-state index is -4.83. The van der Waals surface area contributed by atoms with Gasteiger partial charge in [0.15, 0.2) is 0 Å². The number of amides is 1. The van der Waals surface area contributed by atoms with Crippen molar-refractivity contribution in [3.05, 3.63) is 71.9 Å². The molecule has 0 spiro atoms. The third-order valence-electron chi connectivity index (χ3n) is 6.86. The zero-order valence-corrected chi connectivity index (χ0v) is 22.1. The van der Waals surface area contributed by atoms with E-state index >= 15 is 0 Å². The van der Waals surface area contributed by atoms with Crippen LogP contribution in [0.4, 0.5) is 32.0 Å². The number of aromatic nitrogens is 1. The second-order valence-corrected chi connectivity index (χ2v) is 11.7. The van der Waals surface area contributed by atoms with Crippen molar-refractivity contribution < 1.29 is 44.3 Å². The number of carbonyl (C=O) groups is 1. The Bertz CT molecular complexity index is 1700. The van der Waals surface area contributed by atoms with Crippen LogP contribution in [0, 0.1) is 16.7 Å². The first-order chi connectivity index (χ1) is 19.6. The number of ether oxygens (including phenoxy) is 1. The number of nitrogens with zero attached hydrogens (tertiary/aromatic N) is 3. The van der Waals surface area contributed by atoms with Crippen molar-refractivity contribution in [2.75, 3.05) is 17.4 Å². The van der Waals surface area contributed by atoms with Crippen LogP contribution in [0.15, 0.2) is 65.6 Å². The van der Waals surface area contributed by atoms with E-state index in [0.717, 1.165) is 28.6 Å². The van der Waals surface area contributed by atoms with Crippen molar-refractivity contribution in [3.8, 4) is 23.1 Å². The summed E-state index contributed by atoms with van der Waals surface area (Å²) in [6.07, 6.45) is -9.86. The van der Waals surface area contributed by atoms with Crippen LogP contribution in [0.25, 0.3) is 11.3 Å². The number of rotatable bonds is 6. The van der Waals surface area contributed by atoms with E-state index in [1.54, 1.807) is 0 Å². The van der Waals surface area contributed by atoms with Gasteiger partial charge in [-0.1, -0.05) is 12.1 Å². The maximum absolute atomic E-state index is 13.8. The highest BCUT2D eigenvalue weighted by Gasteiger charge is 2.51. The maximum atomic E-state index is 13.8. The van der Waals surface area contributed by atoms with E-state index in [2.05, 4.69) is 10.3 Å². The number of nitrogens with one attached hydrogen (secondary N) is 1. The molecule has 1 aromatic heterocycles. The Labute approximate surface area is 235 Å². The van der Waals surface area contributed by atoms with Gasteiger partial charge in [0.1, 0.15) is 23.0 Å². The summed E-state index contributed by atoms with van der Waals surface area (Å²) in [6, 6.07) is 12.1. The zero-order valence-electron chi connectivity index (χ0n) is 21.3. The molecule has 15 heteroatoms. The Morgan fingerprint density at radius 1 is 1.05 bits per heavy atom. The lowest BCUT2D eigenvalue weighted by Gasteiger charge is -2.36. The molecule has 2 aliphatic rings. The Balaban J connectivity index is 1.54. The summed E-state index contributed by atoms with van der Waals surface area (Å²) < 4.78 is 114. The molecular weight excluding hydrogens is 590 g/mol. The summed E-state index contributed by atoms with van der Waals surface area (Å²) in [5, 5.41) is 11.8. The summed E-state index contributed by atoms with van der Waals surface area (Å²) >= 11 is 0. The number of nitriles is 1. The molecule has 2 aromatic carbocycles. The summed E-state index contributed by atoms with van der Waals surface area (Å²) in [7, 11) is -4.69. The van der Waals surface area contributed by atoms with Gasteiger partial charge in [-0.3, -0.25) is 9.10 Å². The molecule has 0 saturated heterocycles. The van der Waals surface area contributed by atoms with Gasteiger partial charge in [0.25, 0.3) is 10.0 Å². The molecule has 220 valence electrons. The van der Waals surface area contributed by atoms with Crippen LogP contribution in [0.2, 0.25) is 0 Å². The van der Waals surface area contributed by atoms with E-state index < -0.39 is 62.5 Å². The maximum Gasteiger partial charge on any atom is 0.433 e. The number of anilines is 1. The van der Waals surface area contributed by atoms with Crippen molar-refractivity contribution in [3.63, 3.8) is 0 Å². The largest absolute Gasteiger partial charge is 0.484 e. The van der Waals surface area contributed by atoms with Crippen LogP contribution in [0.1, 0.15) is 24.1 Å². The van der Waals surface area contributed by atoms with Crippen molar-refractivity contribution in [2.24, 2.45) is 5.41 Å². The molecule has 0 radical (unpaired) electrons. The molecule has 1 unspecified atom stereocenters. The fraction of sp³-hybridized carbons (Fsp3) is 0.296. The lowest BCUT2D eigenvalue weighted by atomic mass is 10.1. The quantitative estimate of drug-likeness (QED) is 0.386. The topological polar surface area (TPSA) is 112 Å². The first kappa shape index (κ1) is 29.2. The average molecular weight is 611 g/mol. The van der Waals surface area contributed by atoms with Crippen LogP contribution < -0.4 is 14.4 Å². The van der Waals surface area contributed by atoms with Gasteiger partial charge in [-0.15, -0.1) is 0 Å². The second kappa shape index (κ2) is 10.2. The highest BCUT2D eigenvalue weighted by molar-refractivity contribution is 7.92. The van der Waals surface area contributed by atoms with Crippen LogP contribution in [-0.4, -0.2) is 38.5 Å². The fourth-order valence-electron chi connectivity index (χ4n) is 4.41. The van der Waals surface area contributed by atoms with Gasteiger partial charge in [-0.2, -0.15) is 31.6 Å². The predicted octanol–water partition coefficient (Wildman–Crippen LogP) is 5.16. The first-order valence-corrected chi connectivity index (χ1v) is 13.8. The van der Waals surface area contributed by atoms with Gasteiger partial charge in [0, 0.05) is 5.56 Å². The summed E-state index contributed by atoms with van der Waals surface area (Å²) in [6.45, 7) is -0.696. The zero-order chi connectivity index (χ0) is 30.5. The standard InChI is InChI=1S/C27H20F6N4O4S/c28-26(29,30)17-3-1-4-19(12-17)42(39,40)37-14-18(13-35-24(38)25(15-34)9-10-25)41-22-8-7-16(11-21(22)37)20-5-2-6-23(36-20)27(31,32)33/h1-8,11-12,18H,9-10,13-14H2,(H,35,38). The molecule has 1 N–H and O–H groups in total. The number of fused-ring (bicyclic) bond motifs is 1. The number of pyridine rings is 1. The molecule has 2 heterocycles. The summed E-state index contributed by atoms with van der Waals surface area (Å²) in [5.41, 5.74) is -3.74. The Hall–Kier alpha value is -4.32. The Kier molecular flexibility index (Phi) is 7.08. The monoisotopic (exact) mass is 610 g/mol. The second-order valence-electron chi connectivity index (χ2n) is 9.79. The van der Waals surface area contributed by atoms with Crippen molar-refractivity contribution >= 4 is 21.6 Å². The Morgan fingerprint density at radius 2 is 1.76 bits per heavy atom. The van der Waals surface area contributed by atoms with E-state index in [0.29, 0.717) is 25.0 Å². The van der Waals surface area contributed by atoms with E-state index in [1.165, 1.54) is 24.3 Å². The first-order valence-electron chi connectivity index (χ1n) is 12.4. The van der Waals surface area contributed by atoms with Crippen LogP contribution in [-0.2, 0) is 27.2 Å². The van der Waals surface area contributed by atoms with E-state index in [4.69, 9.17) is 4.74 Å². The minimum absolute atomic E-state index is 0.0480. The number of alkyl halides is 6. The Morgan fingerprint density at radius 3 is 2.40 bits per heavy atom. The molecular formula is C27H20F6N4O4S. The third kappa shape index (κ3) is 5.58. The lowest BCUT2D eigenvalue weighted by Crippen LogP contribution is -2.49. The molecule has 1 aliphatic heterocycles. The molecule has 1 fully saturated rings. The van der Waals surface area contributed by atoms with E-state index in [1.807, 2.05) is 6.07 Å². The van der Waals surface area contributed by atoms with Gasteiger partial charge in [-0.05, 0) is 61.4 Å². The molecule has 0 bridgehead atoms. The highest BCUT2D eigenvalue weighted by atomic mass is 32.2. The molecule has 1 saturated carbocycles. The number of benzene rings is 2. The molecule has 5 rings (SSSR count).